The molecule has 25 heavy (non-hydrogen) atoms. The van der Waals surface area contributed by atoms with Gasteiger partial charge in [0, 0.05) is 16.6 Å². The van der Waals surface area contributed by atoms with Crippen LogP contribution in [0.25, 0.3) is 0 Å². The van der Waals surface area contributed by atoms with Crippen molar-refractivity contribution < 1.29 is 19.4 Å². The lowest BCUT2D eigenvalue weighted by Gasteiger charge is -2.13. The number of halogens is 2. The summed E-state index contributed by atoms with van der Waals surface area (Å²) in [4.78, 5) is 12.1. The lowest BCUT2D eigenvalue weighted by Crippen LogP contribution is -2.14. The topological polar surface area (TPSA) is 81.8 Å². The van der Waals surface area contributed by atoms with E-state index in [4.69, 9.17) is 38.4 Å². The number of hydrogen-bond donors (Lipinski definition) is 2. The number of ether oxygens (including phenoxy) is 2. The zero-order chi connectivity index (χ0) is 18.2. The second-order valence-corrected chi connectivity index (χ2v) is 6.12. The Labute approximate surface area is 156 Å². The summed E-state index contributed by atoms with van der Waals surface area (Å²) in [6.07, 6.45) is -0.199. The third kappa shape index (κ3) is 5.81. The van der Waals surface area contributed by atoms with Crippen molar-refractivity contribution in [2.45, 2.75) is 12.5 Å². The van der Waals surface area contributed by atoms with Crippen molar-refractivity contribution >= 4 is 34.9 Å². The molecule has 0 aliphatic heterocycles. The van der Waals surface area contributed by atoms with Crippen LogP contribution < -0.4 is 10.5 Å². The summed E-state index contributed by atoms with van der Waals surface area (Å²) >= 11 is 11.4. The fourth-order valence-corrected chi connectivity index (χ4v) is 2.35. The van der Waals surface area contributed by atoms with E-state index in [9.17, 15) is 9.90 Å². The van der Waals surface area contributed by atoms with Crippen LogP contribution in [0.4, 0.5) is 5.69 Å². The molecule has 0 aliphatic carbocycles. The van der Waals surface area contributed by atoms with Crippen molar-refractivity contribution in [3.63, 3.8) is 0 Å². The van der Waals surface area contributed by atoms with Crippen molar-refractivity contribution in [2.24, 2.45) is 0 Å². The van der Waals surface area contributed by atoms with Gasteiger partial charge in [0.1, 0.15) is 18.5 Å². The van der Waals surface area contributed by atoms with Crippen molar-refractivity contribution in [1.82, 2.24) is 0 Å². The van der Waals surface area contributed by atoms with Gasteiger partial charge in [0.25, 0.3) is 0 Å². The molecule has 0 fully saturated rings. The van der Waals surface area contributed by atoms with Crippen molar-refractivity contribution in [2.75, 3.05) is 24.8 Å². The van der Waals surface area contributed by atoms with Crippen LogP contribution in [0.1, 0.15) is 28.4 Å². The van der Waals surface area contributed by atoms with Crippen LogP contribution in [0.3, 0.4) is 0 Å². The Morgan fingerprint density at radius 3 is 2.60 bits per heavy atom. The van der Waals surface area contributed by atoms with E-state index in [-0.39, 0.29) is 17.9 Å². The molecule has 1 atom stereocenters. The summed E-state index contributed by atoms with van der Waals surface area (Å²) in [5.74, 6) is 0.587. The molecular formula is C18H19Cl2NO4. The van der Waals surface area contributed by atoms with Gasteiger partial charge >= 0.3 is 5.97 Å². The molecule has 0 aliphatic rings. The monoisotopic (exact) mass is 383 g/mol. The molecule has 134 valence electrons. The molecule has 0 bridgehead atoms. The molecule has 1 unspecified atom stereocenters. The maximum atomic E-state index is 12.1. The molecule has 2 rings (SSSR count). The van der Waals surface area contributed by atoms with Crippen molar-refractivity contribution in [3.8, 4) is 5.75 Å². The predicted molar refractivity (Wildman–Crippen MR) is 98.4 cm³/mol. The van der Waals surface area contributed by atoms with Gasteiger partial charge < -0.3 is 20.3 Å². The van der Waals surface area contributed by atoms with Gasteiger partial charge in [0.2, 0.25) is 0 Å². The Bertz CT molecular complexity index is 707. The largest absolute Gasteiger partial charge is 0.494 e. The summed E-state index contributed by atoms with van der Waals surface area (Å²) in [7, 11) is 0. The van der Waals surface area contributed by atoms with Gasteiger partial charge in [-0.15, -0.1) is 11.6 Å². The van der Waals surface area contributed by atoms with Crippen LogP contribution in [0.5, 0.6) is 5.75 Å². The van der Waals surface area contributed by atoms with E-state index in [1.807, 2.05) is 0 Å². The Kier molecular flexibility index (Phi) is 7.37. The van der Waals surface area contributed by atoms with E-state index >= 15 is 0 Å². The highest BCUT2D eigenvalue weighted by atomic mass is 35.5. The third-order valence-corrected chi connectivity index (χ3v) is 3.92. The lowest BCUT2D eigenvalue weighted by atomic mass is 10.1. The normalized spacial score (nSPS) is 11.8. The summed E-state index contributed by atoms with van der Waals surface area (Å²) in [5.41, 5.74) is 6.77. The number of aliphatic hydroxyl groups is 1. The van der Waals surface area contributed by atoms with Crippen LogP contribution in [0.2, 0.25) is 5.02 Å². The van der Waals surface area contributed by atoms with Crippen LogP contribution in [0, 0.1) is 0 Å². The number of nitrogen functional groups attached to an aromatic ring is 1. The Hall–Kier alpha value is -1.95. The number of nitrogens with two attached hydrogens (primary N) is 1. The number of rotatable bonds is 8. The van der Waals surface area contributed by atoms with Gasteiger partial charge in [0.05, 0.1) is 12.2 Å². The fourth-order valence-electron chi connectivity index (χ4n) is 2.06. The number of esters is 1. The first-order valence-electron chi connectivity index (χ1n) is 7.70. The summed E-state index contributed by atoms with van der Waals surface area (Å²) in [6, 6.07) is 11.4. The maximum Gasteiger partial charge on any atom is 0.340 e. The van der Waals surface area contributed by atoms with Crippen LogP contribution in [0.15, 0.2) is 42.5 Å². The van der Waals surface area contributed by atoms with Crippen molar-refractivity contribution in [1.29, 1.82) is 0 Å². The average molecular weight is 384 g/mol. The van der Waals surface area contributed by atoms with Gasteiger partial charge in [-0.2, -0.15) is 0 Å². The van der Waals surface area contributed by atoms with Crippen molar-refractivity contribution in [3.05, 3.63) is 58.6 Å². The molecule has 0 spiro atoms. The molecule has 5 nitrogen and oxygen atoms in total. The molecule has 7 heteroatoms. The number of carbonyl (C=O) groups excluding carboxylic acids is 1. The number of aliphatic hydroxyl groups excluding tert-OH is 1. The Morgan fingerprint density at radius 1 is 1.20 bits per heavy atom. The molecule has 2 aromatic rings. The lowest BCUT2D eigenvalue weighted by molar-refractivity contribution is 0.0255. The quantitative estimate of drug-likeness (QED) is 0.313. The molecule has 0 aromatic heterocycles. The molecule has 0 saturated carbocycles. The second kappa shape index (κ2) is 9.51. The highest BCUT2D eigenvalue weighted by Gasteiger charge is 2.15. The first kappa shape index (κ1) is 19.4. The fraction of sp³-hybridized carbons (Fsp3) is 0.278. The highest BCUT2D eigenvalue weighted by molar-refractivity contribution is 6.31. The van der Waals surface area contributed by atoms with Crippen LogP contribution >= 0.6 is 23.2 Å². The smallest absolute Gasteiger partial charge is 0.340 e. The Morgan fingerprint density at radius 2 is 1.92 bits per heavy atom. The molecule has 3 N–H and O–H groups in total. The van der Waals surface area contributed by atoms with Gasteiger partial charge in [0.15, 0.2) is 0 Å². The van der Waals surface area contributed by atoms with E-state index in [2.05, 4.69) is 0 Å². The Balaban J connectivity index is 1.90. The summed E-state index contributed by atoms with van der Waals surface area (Å²) in [5, 5.41) is 10.5. The van der Waals surface area contributed by atoms with Gasteiger partial charge in [-0.1, -0.05) is 23.7 Å². The van der Waals surface area contributed by atoms with Gasteiger partial charge in [-0.05, 0) is 42.3 Å². The van der Waals surface area contributed by atoms with E-state index in [1.165, 1.54) is 12.1 Å². The number of carbonyl (C=O) groups is 1. The minimum Gasteiger partial charge on any atom is -0.494 e. The average Bonchev–Trinajstić information content (AvgIpc) is 2.62. The number of hydrogen-bond acceptors (Lipinski definition) is 5. The minimum absolute atomic E-state index is 0.169. The van der Waals surface area contributed by atoms with E-state index in [1.54, 1.807) is 30.3 Å². The molecule has 0 radical (unpaired) electrons. The third-order valence-electron chi connectivity index (χ3n) is 3.42. The van der Waals surface area contributed by atoms with E-state index in [0.717, 1.165) is 6.42 Å². The zero-order valence-electron chi connectivity index (χ0n) is 13.5. The first-order chi connectivity index (χ1) is 12.0. The number of alkyl halides is 1. The molecule has 2 aromatic carbocycles. The van der Waals surface area contributed by atoms with Crippen LogP contribution in [-0.4, -0.2) is 30.2 Å². The first-order valence-corrected chi connectivity index (χ1v) is 8.61. The van der Waals surface area contributed by atoms with E-state index in [0.29, 0.717) is 28.8 Å². The standard InChI is InChI=1S/C18H19Cl2NO4/c19-8-1-9-24-14-5-2-12(3-6-14)17(22)11-25-18(23)15-10-13(20)4-7-16(15)21/h2-7,10,17,22H,1,8-9,11,21H2. The SMILES string of the molecule is Nc1ccc(Cl)cc1C(=O)OCC(O)c1ccc(OCCCCl)cc1. The van der Waals surface area contributed by atoms with Gasteiger partial charge in [-0.3, -0.25) is 0 Å². The number of anilines is 1. The predicted octanol–water partition coefficient (Wildman–Crippen LogP) is 3.82. The maximum absolute atomic E-state index is 12.1. The second-order valence-electron chi connectivity index (χ2n) is 5.31. The molecule has 0 heterocycles. The van der Waals surface area contributed by atoms with Crippen LogP contribution in [-0.2, 0) is 4.74 Å². The zero-order valence-corrected chi connectivity index (χ0v) is 15.0. The molecular weight excluding hydrogens is 365 g/mol. The molecule has 0 amide bonds. The summed E-state index contributed by atoms with van der Waals surface area (Å²) in [6.45, 7) is 0.335. The highest BCUT2D eigenvalue weighted by Crippen LogP contribution is 2.21. The number of benzene rings is 2. The van der Waals surface area contributed by atoms with E-state index < -0.39 is 12.1 Å². The molecule has 0 saturated heterocycles. The minimum atomic E-state index is -0.957. The summed E-state index contributed by atoms with van der Waals surface area (Å²) < 4.78 is 10.6. The van der Waals surface area contributed by atoms with Gasteiger partial charge in [-0.25, -0.2) is 4.79 Å².